The van der Waals surface area contributed by atoms with E-state index in [-0.39, 0.29) is 5.91 Å². The minimum Gasteiger partial charge on any atom is -0.496 e. The summed E-state index contributed by atoms with van der Waals surface area (Å²) >= 11 is 3.47. The van der Waals surface area contributed by atoms with Crippen molar-refractivity contribution in [2.75, 3.05) is 7.11 Å². The van der Waals surface area contributed by atoms with Crippen molar-refractivity contribution in [3.05, 3.63) is 63.6 Å². The van der Waals surface area contributed by atoms with Gasteiger partial charge in [-0.15, -0.1) is 0 Å². The van der Waals surface area contributed by atoms with E-state index in [2.05, 4.69) is 15.9 Å². The van der Waals surface area contributed by atoms with E-state index < -0.39 is 0 Å². The highest BCUT2D eigenvalue weighted by molar-refractivity contribution is 9.10. The van der Waals surface area contributed by atoms with Crippen molar-refractivity contribution in [2.45, 2.75) is 12.8 Å². The molecule has 0 aliphatic carbocycles. The van der Waals surface area contributed by atoms with E-state index in [1.54, 1.807) is 13.2 Å². The lowest BCUT2D eigenvalue weighted by atomic mass is 9.99. The summed E-state index contributed by atoms with van der Waals surface area (Å²) in [5, 5.41) is 0. The molecule has 0 fully saturated rings. The topological polar surface area (TPSA) is 52.3 Å². The van der Waals surface area contributed by atoms with Crippen LogP contribution >= 0.6 is 15.9 Å². The van der Waals surface area contributed by atoms with Crippen LogP contribution in [0.25, 0.3) is 0 Å². The van der Waals surface area contributed by atoms with Gasteiger partial charge in [-0.1, -0.05) is 24.3 Å². The number of nitrogens with two attached hydrogens (primary N) is 1. The molecule has 2 rings (SSSR count). The van der Waals surface area contributed by atoms with Gasteiger partial charge in [-0.05, 0) is 58.1 Å². The number of aryl methyl sites for hydroxylation is 2. The van der Waals surface area contributed by atoms with Gasteiger partial charge in [0.25, 0.3) is 0 Å². The molecule has 0 unspecified atom stereocenters. The molecule has 0 saturated carbocycles. The maximum absolute atomic E-state index is 11.4. The average molecular weight is 334 g/mol. The molecule has 0 atom stereocenters. The summed E-state index contributed by atoms with van der Waals surface area (Å²) in [6.07, 6.45) is 1.62. The van der Waals surface area contributed by atoms with E-state index in [9.17, 15) is 4.79 Å². The molecule has 2 N–H and O–H groups in total. The number of hydrogen-bond donors (Lipinski definition) is 1. The predicted octanol–water partition coefficient (Wildman–Crippen LogP) is 3.34. The molecule has 0 heterocycles. The fourth-order valence-electron chi connectivity index (χ4n) is 2.12. The zero-order valence-corrected chi connectivity index (χ0v) is 12.8. The van der Waals surface area contributed by atoms with Crippen molar-refractivity contribution < 1.29 is 9.53 Å². The van der Waals surface area contributed by atoms with Crippen molar-refractivity contribution >= 4 is 21.8 Å². The number of amides is 1. The Kier molecular flexibility index (Phi) is 4.79. The summed E-state index contributed by atoms with van der Waals surface area (Å²) in [7, 11) is 1.64. The summed E-state index contributed by atoms with van der Waals surface area (Å²) in [4.78, 5) is 11.4. The first kappa shape index (κ1) is 14.6. The molecule has 20 heavy (non-hydrogen) atoms. The quantitative estimate of drug-likeness (QED) is 0.912. The van der Waals surface area contributed by atoms with Gasteiger partial charge < -0.3 is 10.5 Å². The monoisotopic (exact) mass is 333 g/mol. The molecule has 0 spiro atoms. The van der Waals surface area contributed by atoms with Gasteiger partial charge in [0.05, 0.1) is 11.6 Å². The van der Waals surface area contributed by atoms with E-state index in [0.717, 1.165) is 28.6 Å². The van der Waals surface area contributed by atoms with Crippen LogP contribution in [0.5, 0.6) is 5.75 Å². The first-order valence-electron chi connectivity index (χ1n) is 6.32. The number of rotatable bonds is 5. The largest absolute Gasteiger partial charge is 0.496 e. The van der Waals surface area contributed by atoms with E-state index in [1.165, 1.54) is 5.56 Å². The van der Waals surface area contributed by atoms with Crippen molar-refractivity contribution in [2.24, 2.45) is 5.73 Å². The molecule has 4 heteroatoms. The molecule has 0 aromatic heterocycles. The first-order valence-corrected chi connectivity index (χ1v) is 7.11. The molecule has 0 bridgehead atoms. The molecule has 2 aromatic rings. The minimum absolute atomic E-state index is 0.378. The second-order valence-electron chi connectivity index (χ2n) is 4.49. The van der Waals surface area contributed by atoms with Gasteiger partial charge in [0.1, 0.15) is 5.75 Å². The van der Waals surface area contributed by atoms with Gasteiger partial charge in [0, 0.05) is 5.56 Å². The van der Waals surface area contributed by atoms with Gasteiger partial charge >= 0.3 is 0 Å². The highest BCUT2D eigenvalue weighted by atomic mass is 79.9. The lowest BCUT2D eigenvalue weighted by Gasteiger charge is -2.08. The fourth-order valence-corrected chi connectivity index (χ4v) is 2.71. The summed E-state index contributed by atoms with van der Waals surface area (Å²) in [5.74, 6) is 0.433. The van der Waals surface area contributed by atoms with Crippen LogP contribution < -0.4 is 10.5 Å². The Labute approximate surface area is 126 Å². The van der Waals surface area contributed by atoms with E-state index in [4.69, 9.17) is 10.5 Å². The van der Waals surface area contributed by atoms with Crippen molar-refractivity contribution in [1.29, 1.82) is 0 Å². The lowest BCUT2D eigenvalue weighted by Crippen LogP contribution is -2.13. The molecule has 3 nitrogen and oxygen atoms in total. The highest BCUT2D eigenvalue weighted by Crippen LogP contribution is 2.26. The summed E-state index contributed by atoms with van der Waals surface area (Å²) < 4.78 is 6.14. The standard InChI is InChI=1S/C16H16BrNO2/c1-20-15-9-7-11(10-14(15)17)6-8-12-4-2-3-5-13(12)16(18)19/h2-5,7,9-10H,6,8H2,1H3,(H2,18,19). The molecule has 0 aliphatic heterocycles. The Balaban J connectivity index is 2.13. The highest BCUT2D eigenvalue weighted by Gasteiger charge is 2.08. The van der Waals surface area contributed by atoms with Gasteiger partial charge in [0.2, 0.25) is 5.91 Å². The van der Waals surface area contributed by atoms with Crippen molar-refractivity contribution in [3.8, 4) is 5.75 Å². The van der Waals surface area contributed by atoms with Crippen LogP contribution in [-0.4, -0.2) is 13.0 Å². The Morgan fingerprint density at radius 3 is 2.60 bits per heavy atom. The summed E-state index contributed by atoms with van der Waals surface area (Å²) in [5.41, 5.74) is 8.14. The van der Waals surface area contributed by atoms with E-state index in [1.807, 2.05) is 36.4 Å². The number of halogens is 1. The van der Waals surface area contributed by atoms with Crippen molar-refractivity contribution in [1.82, 2.24) is 0 Å². The second kappa shape index (κ2) is 6.57. The maximum atomic E-state index is 11.4. The Bertz CT molecular complexity index is 626. The minimum atomic E-state index is -0.378. The number of methoxy groups -OCH3 is 1. The normalized spacial score (nSPS) is 10.3. The Morgan fingerprint density at radius 1 is 1.20 bits per heavy atom. The van der Waals surface area contributed by atoms with Crippen LogP contribution in [0.4, 0.5) is 0 Å². The number of carbonyl (C=O) groups is 1. The molecule has 0 aliphatic rings. The van der Waals surface area contributed by atoms with Gasteiger partial charge in [-0.25, -0.2) is 0 Å². The summed E-state index contributed by atoms with van der Waals surface area (Å²) in [6.45, 7) is 0. The number of primary amides is 1. The molecule has 0 saturated heterocycles. The lowest BCUT2D eigenvalue weighted by molar-refractivity contribution is 0.0999. The van der Waals surface area contributed by atoms with Gasteiger partial charge in [0.15, 0.2) is 0 Å². The molecule has 1 amide bonds. The Hall–Kier alpha value is -1.81. The molecule has 0 radical (unpaired) electrons. The van der Waals surface area contributed by atoms with E-state index >= 15 is 0 Å². The average Bonchev–Trinajstić information content (AvgIpc) is 2.45. The van der Waals surface area contributed by atoms with Crippen molar-refractivity contribution in [3.63, 3.8) is 0 Å². The smallest absolute Gasteiger partial charge is 0.248 e. The SMILES string of the molecule is COc1ccc(CCc2ccccc2C(N)=O)cc1Br. The van der Waals surface area contributed by atoms with E-state index in [0.29, 0.717) is 5.56 Å². The predicted molar refractivity (Wildman–Crippen MR) is 83.1 cm³/mol. The molecule has 2 aromatic carbocycles. The van der Waals surface area contributed by atoms with Crippen LogP contribution in [0.15, 0.2) is 46.9 Å². The number of benzene rings is 2. The number of ether oxygens (including phenoxy) is 1. The fraction of sp³-hybridized carbons (Fsp3) is 0.188. The molecular weight excluding hydrogens is 318 g/mol. The zero-order chi connectivity index (χ0) is 14.5. The third kappa shape index (κ3) is 3.39. The summed E-state index contributed by atoms with van der Waals surface area (Å²) in [6, 6.07) is 13.4. The van der Waals surface area contributed by atoms with Gasteiger partial charge in [-0.3, -0.25) is 4.79 Å². The molecule has 104 valence electrons. The number of carbonyl (C=O) groups excluding carboxylic acids is 1. The van der Waals surface area contributed by atoms with Crippen LogP contribution in [0.1, 0.15) is 21.5 Å². The Morgan fingerprint density at radius 2 is 1.95 bits per heavy atom. The third-order valence-electron chi connectivity index (χ3n) is 3.18. The van der Waals surface area contributed by atoms with Crippen LogP contribution in [-0.2, 0) is 12.8 Å². The first-order chi connectivity index (χ1) is 9.61. The molecular formula is C16H16BrNO2. The van der Waals surface area contributed by atoms with Crippen LogP contribution in [0.3, 0.4) is 0 Å². The zero-order valence-electron chi connectivity index (χ0n) is 11.2. The second-order valence-corrected chi connectivity index (χ2v) is 5.34. The third-order valence-corrected chi connectivity index (χ3v) is 3.80. The van der Waals surface area contributed by atoms with Gasteiger partial charge in [-0.2, -0.15) is 0 Å². The van der Waals surface area contributed by atoms with Crippen LogP contribution in [0.2, 0.25) is 0 Å². The van der Waals surface area contributed by atoms with Crippen LogP contribution in [0, 0.1) is 0 Å². The number of hydrogen-bond acceptors (Lipinski definition) is 2. The maximum Gasteiger partial charge on any atom is 0.248 e.